The molecule has 0 spiro atoms. The average Bonchev–Trinajstić information content (AvgIpc) is 2.03. The predicted molar refractivity (Wildman–Crippen MR) is 52.6 cm³/mol. The molecule has 0 aliphatic heterocycles. The maximum atomic E-state index is 10.5. The highest BCUT2D eigenvalue weighted by molar-refractivity contribution is 6.61. The third-order valence-electron chi connectivity index (χ3n) is 1.69. The number of halogens is 2. The van der Waals surface area contributed by atoms with Crippen LogP contribution in [0, 0.1) is 6.92 Å². The molecule has 1 aromatic carbocycles. The molecule has 70 valence electrons. The Labute approximate surface area is 86.4 Å². The molecule has 1 rings (SSSR count). The second kappa shape index (κ2) is 4.49. The van der Waals surface area contributed by atoms with Crippen LogP contribution in [0.15, 0.2) is 18.2 Å². The average molecular weight is 219 g/mol. The molecule has 0 aliphatic rings. The second-order valence-corrected chi connectivity index (χ2v) is 3.10. The summed E-state index contributed by atoms with van der Waals surface area (Å²) in [6.45, 7) is 1.89. The Morgan fingerprint density at radius 3 is 2.77 bits per heavy atom. The highest BCUT2D eigenvalue weighted by Crippen LogP contribution is 2.24. The van der Waals surface area contributed by atoms with Gasteiger partial charge in [0.05, 0.1) is 5.88 Å². The minimum absolute atomic E-state index is 0.298. The molecule has 4 heteroatoms. The van der Waals surface area contributed by atoms with Crippen LogP contribution in [0.5, 0.6) is 5.75 Å². The molecular weight excluding hydrogens is 211 g/mol. The van der Waals surface area contributed by atoms with Crippen molar-refractivity contribution in [1.82, 2.24) is 0 Å². The molecule has 0 heterocycles. The molecule has 0 radical (unpaired) electrons. The molecular formula is C9H8Cl2O2. The predicted octanol–water partition coefficient (Wildman–Crippen LogP) is 3.47. The highest BCUT2D eigenvalue weighted by Gasteiger charge is 2.07. The lowest BCUT2D eigenvalue weighted by atomic mass is 10.1. The van der Waals surface area contributed by atoms with E-state index in [0.717, 1.165) is 11.1 Å². The van der Waals surface area contributed by atoms with Crippen molar-refractivity contribution >= 4 is 28.6 Å². The van der Waals surface area contributed by atoms with E-state index in [1.165, 1.54) is 0 Å². The molecule has 0 saturated carbocycles. The monoisotopic (exact) mass is 218 g/mol. The first kappa shape index (κ1) is 10.4. The molecule has 0 atom stereocenters. The van der Waals surface area contributed by atoms with E-state index < -0.39 is 5.43 Å². The van der Waals surface area contributed by atoms with Gasteiger partial charge in [0.15, 0.2) is 0 Å². The van der Waals surface area contributed by atoms with E-state index in [0.29, 0.717) is 11.6 Å². The van der Waals surface area contributed by atoms with Crippen LogP contribution in [0.3, 0.4) is 0 Å². The largest absolute Gasteiger partial charge is 0.414 e. The minimum atomic E-state index is -0.850. The zero-order chi connectivity index (χ0) is 9.84. The highest BCUT2D eigenvalue weighted by atomic mass is 35.5. The van der Waals surface area contributed by atoms with Gasteiger partial charge in [0.1, 0.15) is 5.75 Å². The number of aryl methyl sites for hydroxylation is 1. The summed E-state index contributed by atoms with van der Waals surface area (Å²) in [6.07, 6.45) is 0. The lowest BCUT2D eigenvalue weighted by Gasteiger charge is -2.07. The first-order valence-electron chi connectivity index (χ1n) is 3.67. The number of alkyl halides is 1. The Morgan fingerprint density at radius 1 is 1.54 bits per heavy atom. The quantitative estimate of drug-likeness (QED) is 0.562. The Kier molecular flexibility index (Phi) is 3.58. The van der Waals surface area contributed by atoms with E-state index in [9.17, 15) is 4.79 Å². The molecule has 0 amide bonds. The third kappa shape index (κ3) is 2.61. The van der Waals surface area contributed by atoms with Gasteiger partial charge in [0.25, 0.3) is 0 Å². The van der Waals surface area contributed by atoms with Crippen LogP contribution >= 0.6 is 23.2 Å². The first-order valence-corrected chi connectivity index (χ1v) is 4.58. The van der Waals surface area contributed by atoms with Crippen molar-refractivity contribution in [3.8, 4) is 5.75 Å². The van der Waals surface area contributed by atoms with Gasteiger partial charge in [0.2, 0.25) is 0 Å². The Balaban J connectivity index is 3.05. The fourth-order valence-corrected chi connectivity index (χ4v) is 1.45. The fourth-order valence-electron chi connectivity index (χ4n) is 1.03. The van der Waals surface area contributed by atoms with Gasteiger partial charge in [-0.1, -0.05) is 12.1 Å². The number of hydrogen-bond acceptors (Lipinski definition) is 2. The zero-order valence-electron chi connectivity index (χ0n) is 7.01. The van der Waals surface area contributed by atoms with Crippen molar-refractivity contribution in [2.45, 2.75) is 12.8 Å². The molecule has 2 nitrogen and oxygen atoms in total. The zero-order valence-corrected chi connectivity index (χ0v) is 8.52. The molecule has 0 aromatic heterocycles. The summed E-state index contributed by atoms with van der Waals surface area (Å²) in [7, 11) is 0. The van der Waals surface area contributed by atoms with Gasteiger partial charge in [-0.15, -0.1) is 11.6 Å². The van der Waals surface area contributed by atoms with Gasteiger partial charge in [-0.3, -0.25) is 0 Å². The number of ether oxygens (including phenoxy) is 1. The lowest BCUT2D eigenvalue weighted by Crippen LogP contribution is -2.00. The van der Waals surface area contributed by atoms with E-state index in [1.54, 1.807) is 12.1 Å². The third-order valence-corrected chi connectivity index (χ3v) is 2.04. The minimum Gasteiger partial charge on any atom is -0.414 e. The summed E-state index contributed by atoms with van der Waals surface area (Å²) in [5.41, 5.74) is 0.917. The Hall–Kier alpha value is -0.730. The Morgan fingerprint density at radius 2 is 2.23 bits per heavy atom. The molecule has 0 unspecified atom stereocenters. The van der Waals surface area contributed by atoms with E-state index in [-0.39, 0.29) is 0 Å². The van der Waals surface area contributed by atoms with Crippen molar-refractivity contribution in [3.63, 3.8) is 0 Å². The normalized spacial score (nSPS) is 9.77. The first-order chi connectivity index (χ1) is 6.15. The van der Waals surface area contributed by atoms with Crippen molar-refractivity contribution in [1.29, 1.82) is 0 Å². The number of carbonyl (C=O) groups is 1. The molecule has 0 N–H and O–H groups in total. The van der Waals surface area contributed by atoms with Crippen molar-refractivity contribution < 1.29 is 9.53 Å². The fraction of sp³-hybridized carbons (Fsp3) is 0.222. The standard InChI is InChI=1S/C9H8Cl2O2/c1-6-3-2-4-8(7(6)5-10)13-9(11)12/h2-4H,5H2,1H3. The lowest BCUT2D eigenvalue weighted by molar-refractivity contribution is 0.225. The second-order valence-electron chi connectivity index (χ2n) is 2.52. The van der Waals surface area contributed by atoms with Crippen LogP contribution < -0.4 is 4.74 Å². The van der Waals surface area contributed by atoms with Gasteiger partial charge < -0.3 is 4.74 Å². The summed E-state index contributed by atoms with van der Waals surface area (Å²) >= 11 is 10.8. The van der Waals surface area contributed by atoms with Crippen LogP contribution in [0.1, 0.15) is 11.1 Å². The summed E-state index contributed by atoms with van der Waals surface area (Å²) < 4.78 is 4.76. The van der Waals surface area contributed by atoms with Crippen molar-refractivity contribution in [2.24, 2.45) is 0 Å². The summed E-state index contributed by atoms with van der Waals surface area (Å²) in [5, 5.41) is 0. The number of hydrogen-bond donors (Lipinski definition) is 0. The SMILES string of the molecule is Cc1cccc(OC(=O)Cl)c1CCl. The van der Waals surface area contributed by atoms with Gasteiger partial charge in [-0.05, 0) is 18.6 Å². The number of benzene rings is 1. The van der Waals surface area contributed by atoms with Crippen LogP contribution in [0.25, 0.3) is 0 Å². The summed E-state index contributed by atoms with van der Waals surface area (Å²) in [4.78, 5) is 10.5. The maximum absolute atomic E-state index is 10.5. The Bertz CT molecular complexity index is 323. The summed E-state index contributed by atoms with van der Waals surface area (Å²) in [6, 6.07) is 5.33. The van der Waals surface area contributed by atoms with Gasteiger partial charge in [-0.25, -0.2) is 4.79 Å². The molecule has 13 heavy (non-hydrogen) atoms. The van der Waals surface area contributed by atoms with E-state index in [2.05, 4.69) is 0 Å². The van der Waals surface area contributed by atoms with Crippen molar-refractivity contribution in [3.05, 3.63) is 29.3 Å². The van der Waals surface area contributed by atoms with Gasteiger partial charge in [0, 0.05) is 17.2 Å². The van der Waals surface area contributed by atoms with E-state index in [1.807, 2.05) is 13.0 Å². The van der Waals surface area contributed by atoms with Crippen LogP contribution in [0.2, 0.25) is 0 Å². The molecule has 0 saturated heterocycles. The molecule has 0 fully saturated rings. The topological polar surface area (TPSA) is 26.3 Å². The van der Waals surface area contributed by atoms with Gasteiger partial charge >= 0.3 is 5.43 Å². The maximum Gasteiger partial charge on any atom is 0.409 e. The summed E-state index contributed by atoms with van der Waals surface area (Å²) in [5.74, 6) is 0.724. The smallest absolute Gasteiger partial charge is 0.409 e. The number of carbonyl (C=O) groups excluding carboxylic acids is 1. The van der Waals surface area contributed by atoms with E-state index in [4.69, 9.17) is 27.9 Å². The molecule has 0 aliphatic carbocycles. The molecule has 1 aromatic rings. The van der Waals surface area contributed by atoms with Crippen molar-refractivity contribution in [2.75, 3.05) is 0 Å². The van der Waals surface area contributed by atoms with Crippen LogP contribution in [-0.4, -0.2) is 5.43 Å². The van der Waals surface area contributed by atoms with Crippen LogP contribution in [-0.2, 0) is 5.88 Å². The number of rotatable bonds is 2. The van der Waals surface area contributed by atoms with Crippen LogP contribution in [0.4, 0.5) is 4.79 Å². The molecule has 0 bridgehead atoms. The van der Waals surface area contributed by atoms with Gasteiger partial charge in [-0.2, -0.15) is 0 Å². The van der Waals surface area contributed by atoms with E-state index >= 15 is 0 Å².